The lowest BCUT2D eigenvalue weighted by Gasteiger charge is -2.44. The Morgan fingerprint density at radius 2 is 0.983 bits per heavy atom. The third-order valence-electron chi connectivity index (χ3n) is 8.87. The Labute approximate surface area is 338 Å². The molecular weight excluding hydrogens is 764 g/mol. The molecule has 1 saturated heterocycles. The number of rotatable bonds is 15. The number of carboxylic acids is 1. The van der Waals surface area contributed by atoms with Crippen LogP contribution >= 0.6 is 0 Å². The molecule has 0 saturated carbocycles. The van der Waals surface area contributed by atoms with E-state index in [2.05, 4.69) is 0 Å². The highest BCUT2D eigenvalue weighted by molar-refractivity contribution is 5.92. The molecule has 0 unspecified atom stereocenters. The largest absolute Gasteiger partial charge is 0.493 e. The van der Waals surface area contributed by atoms with Crippen LogP contribution in [0.3, 0.4) is 0 Å². The van der Waals surface area contributed by atoms with Crippen molar-refractivity contribution in [2.24, 2.45) is 0 Å². The van der Waals surface area contributed by atoms with Crippen LogP contribution in [0.15, 0.2) is 140 Å². The molecule has 0 amide bonds. The van der Waals surface area contributed by atoms with Gasteiger partial charge in [0.2, 0.25) is 18.1 Å². The van der Waals surface area contributed by atoms with Crippen molar-refractivity contribution in [3.63, 3.8) is 0 Å². The van der Waals surface area contributed by atoms with E-state index in [0.29, 0.717) is 5.56 Å². The lowest BCUT2D eigenvalue weighted by molar-refractivity contribution is -0.275. The van der Waals surface area contributed by atoms with Crippen molar-refractivity contribution in [3.8, 4) is 17.2 Å². The van der Waals surface area contributed by atoms with E-state index in [-0.39, 0.29) is 39.5 Å². The van der Waals surface area contributed by atoms with E-state index in [0.717, 1.165) is 6.08 Å². The molecular formula is C45H38O14. The van der Waals surface area contributed by atoms with Crippen LogP contribution in [0.4, 0.5) is 0 Å². The first-order chi connectivity index (χ1) is 28.6. The number of carbonyl (C=O) groups is 5. The summed E-state index contributed by atoms with van der Waals surface area (Å²) in [6, 6.07) is 34.9. The Hall–Kier alpha value is -7.45. The second-order valence-corrected chi connectivity index (χ2v) is 12.8. The van der Waals surface area contributed by atoms with E-state index in [1.54, 1.807) is 84.9 Å². The van der Waals surface area contributed by atoms with Gasteiger partial charge in [-0.25, -0.2) is 24.0 Å². The van der Waals surface area contributed by atoms with Gasteiger partial charge in [-0.15, -0.1) is 0 Å². The zero-order chi connectivity index (χ0) is 41.7. The highest BCUT2D eigenvalue weighted by atomic mass is 16.7. The lowest BCUT2D eigenvalue weighted by Crippen LogP contribution is -2.64. The maximum absolute atomic E-state index is 13.9. The van der Waals surface area contributed by atoms with Gasteiger partial charge in [0.05, 0.1) is 36.5 Å². The normalized spacial score (nSPS) is 18.5. The Morgan fingerprint density at radius 3 is 1.41 bits per heavy atom. The number of hydrogen-bond acceptors (Lipinski definition) is 13. The van der Waals surface area contributed by atoms with Gasteiger partial charge in [-0.3, -0.25) is 0 Å². The minimum absolute atomic E-state index is 0.0358. The lowest BCUT2D eigenvalue weighted by atomic mass is 9.97. The number of carbonyl (C=O) groups excluding carboxylic acids is 4. The minimum Gasteiger partial charge on any atom is -0.493 e. The Balaban J connectivity index is 1.48. The zero-order valence-electron chi connectivity index (χ0n) is 31.7. The predicted octanol–water partition coefficient (Wildman–Crippen LogP) is 6.44. The van der Waals surface area contributed by atoms with Crippen molar-refractivity contribution in [3.05, 3.63) is 167 Å². The number of carboxylic acid groups (broad SMARTS) is 1. The molecule has 5 aromatic carbocycles. The summed E-state index contributed by atoms with van der Waals surface area (Å²) >= 11 is 0. The summed E-state index contributed by atoms with van der Waals surface area (Å²) in [4.78, 5) is 66.2. The fraction of sp³-hybridized carbons (Fsp3) is 0.178. The fourth-order valence-corrected chi connectivity index (χ4v) is 6.02. The average molecular weight is 803 g/mol. The maximum Gasteiger partial charge on any atom is 0.338 e. The van der Waals surface area contributed by atoms with Crippen molar-refractivity contribution in [2.45, 2.75) is 30.7 Å². The topological polar surface area (TPSA) is 179 Å². The van der Waals surface area contributed by atoms with Gasteiger partial charge in [0.15, 0.2) is 23.7 Å². The minimum atomic E-state index is -1.72. The molecule has 0 bridgehead atoms. The number of methoxy groups -OCH3 is 2. The van der Waals surface area contributed by atoms with Gasteiger partial charge < -0.3 is 43.0 Å². The average Bonchev–Trinajstić information content (AvgIpc) is 3.27. The second kappa shape index (κ2) is 19.6. The zero-order valence-corrected chi connectivity index (χ0v) is 31.7. The molecule has 0 spiro atoms. The van der Waals surface area contributed by atoms with Crippen LogP contribution in [0, 0.1) is 0 Å². The first kappa shape index (κ1) is 41.2. The molecule has 6 rings (SSSR count). The quantitative estimate of drug-likeness (QED) is 0.0694. The van der Waals surface area contributed by atoms with Crippen molar-refractivity contribution >= 4 is 35.9 Å². The molecule has 1 aliphatic heterocycles. The molecule has 1 heterocycles. The third kappa shape index (κ3) is 10.5. The molecule has 14 nitrogen and oxygen atoms in total. The van der Waals surface area contributed by atoms with Crippen LogP contribution in [0.1, 0.15) is 47.0 Å². The Bertz CT molecular complexity index is 2240. The van der Waals surface area contributed by atoms with Crippen molar-refractivity contribution < 1.29 is 67.0 Å². The van der Waals surface area contributed by atoms with Crippen LogP contribution in [0.2, 0.25) is 0 Å². The number of esters is 4. The van der Waals surface area contributed by atoms with Gasteiger partial charge in [-0.05, 0) is 72.3 Å². The third-order valence-corrected chi connectivity index (χ3v) is 8.87. The SMILES string of the molecule is COc1cc(/C=C/C(=O)O)cc(OC)c1O[C@@H]1O[C@H](COC(=O)c2ccccc2)[C@@H](OC(=O)c2ccccc2)[C@H](OC(=O)c2ccccc2)[C@H]1OC(=O)c1ccccc1. The summed E-state index contributed by atoms with van der Waals surface area (Å²) in [6.07, 6.45) is -5.91. The molecule has 5 aromatic rings. The van der Waals surface area contributed by atoms with Gasteiger partial charge in [0, 0.05) is 6.08 Å². The van der Waals surface area contributed by atoms with Gasteiger partial charge in [-0.1, -0.05) is 72.8 Å². The van der Waals surface area contributed by atoms with Crippen molar-refractivity contribution in [1.82, 2.24) is 0 Å². The van der Waals surface area contributed by atoms with Crippen LogP contribution < -0.4 is 14.2 Å². The van der Waals surface area contributed by atoms with Gasteiger partial charge in [0.1, 0.15) is 12.7 Å². The second-order valence-electron chi connectivity index (χ2n) is 12.8. The Kier molecular flexibility index (Phi) is 13.7. The van der Waals surface area contributed by atoms with Crippen molar-refractivity contribution in [2.75, 3.05) is 20.8 Å². The predicted molar refractivity (Wildman–Crippen MR) is 209 cm³/mol. The standard InChI is InChI=1S/C45H38O14/c1-52-33-25-28(23-24-36(46)47)26-34(53-2)37(33)59-45-40(58-44(51)32-21-13-6-14-22-32)39(57-43(50)31-19-11-5-12-20-31)38(56-42(49)30-17-9-4-10-18-30)35(55-45)27-54-41(48)29-15-7-3-8-16-29/h3-26,35,38-40,45H,27H2,1-2H3,(H,46,47)/b24-23+/t35-,38-,39+,40-,45+/m1/s1. The Morgan fingerprint density at radius 1 is 0.576 bits per heavy atom. The first-order valence-corrected chi connectivity index (χ1v) is 18.1. The monoisotopic (exact) mass is 802 g/mol. The van der Waals surface area contributed by atoms with Gasteiger partial charge in [0.25, 0.3) is 0 Å². The smallest absolute Gasteiger partial charge is 0.338 e. The maximum atomic E-state index is 13.9. The van der Waals surface area contributed by atoms with Gasteiger partial charge in [-0.2, -0.15) is 0 Å². The highest BCUT2D eigenvalue weighted by Crippen LogP contribution is 2.42. The van der Waals surface area contributed by atoms with Crippen LogP contribution in [0.25, 0.3) is 6.08 Å². The van der Waals surface area contributed by atoms with E-state index in [1.807, 2.05) is 0 Å². The molecule has 5 atom stereocenters. The summed E-state index contributed by atoms with van der Waals surface area (Å²) in [5.74, 6) is -4.60. The van der Waals surface area contributed by atoms with E-state index in [9.17, 15) is 29.1 Å². The highest BCUT2D eigenvalue weighted by Gasteiger charge is 2.54. The molecule has 0 radical (unpaired) electrons. The van der Waals surface area contributed by atoms with E-state index in [4.69, 9.17) is 37.9 Å². The van der Waals surface area contributed by atoms with E-state index >= 15 is 0 Å². The number of ether oxygens (including phenoxy) is 8. The number of benzene rings is 5. The molecule has 59 heavy (non-hydrogen) atoms. The summed E-state index contributed by atoms with van der Waals surface area (Å²) in [5.41, 5.74) is 0.919. The summed E-state index contributed by atoms with van der Waals surface area (Å²) in [7, 11) is 2.66. The van der Waals surface area contributed by atoms with E-state index in [1.165, 1.54) is 68.8 Å². The van der Waals surface area contributed by atoms with Crippen LogP contribution in [-0.2, 0) is 28.5 Å². The van der Waals surface area contributed by atoms with E-state index < -0.39 is 67.2 Å². The summed E-state index contributed by atoms with van der Waals surface area (Å²) in [5, 5.41) is 9.22. The summed E-state index contributed by atoms with van der Waals surface area (Å²) < 4.78 is 48.1. The molecule has 0 aromatic heterocycles. The van der Waals surface area contributed by atoms with Crippen molar-refractivity contribution in [1.29, 1.82) is 0 Å². The van der Waals surface area contributed by atoms with Crippen LogP contribution in [-0.4, -0.2) is 86.5 Å². The molecule has 14 heteroatoms. The number of aliphatic carboxylic acids is 1. The molecule has 1 fully saturated rings. The first-order valence-electron chi connectivity index (χ1n) is 18.1. The molecule has 1 aliphatic rings. The molecule has 1 N–H and O–H groups in total. The fourth-order valence-electron chi connectivity index (χ4n) is 6.02. The number of hydrogen-bond donors (Lipinski definition) is 1. The van der Waals surface area contributed by atoms with Crippen LogP contribution in [0.5, 0.6) is 17.2 Å². The summed E-state index contributed by atoms with van der Waals surface area (Å²) in [6.45, 7) is -0.577. The molecule has 0 aliphatic carbocycles. The van der Waals surface area contributed by atoms with Gasteiger partial charge >= 0.3 is 29.8 Å². The molecule has 302 valence electrons.